The highest BCUT2D eigenvalue weighted by Crippen LogP contribution is 2.33. The van der Waals surface area contributed by atoms with Crippen molar-refractivity contribution in [2.45, 2.75) is 4.90 Å². The highest BCUT2D eigenvalue weighted by atomic mass is 35.5. The van der Waals surface area contributed by atoms with Crippen LogP contribution in [0, 0.1) is 0 Å². The van der Waals surface area contributed by atoms with E-state index < -0.39 is 10.8 Å². The number of carbonyl (C=O) groups excluding carboxylic acids is 1. The lowest BCUT2D eigenvalue weighted by Gasteiger charge is -2.04. The van der Waals surface area contributed by atoms with E-state index in [1.807, 2.05) is 0 Å². The molecule has 134 valence electrons. The Morgan fingerprint density at radius 2 is 1.77 bits per heavy atom. The number of carbonyl (C=O) groups is 1. The Hall–Kier alpha value is -1.93. The first-order valence-electron chi connectivity index (χ1n) is 7.32. The molecule has 0 saturated heterocycles. The second kappa shape index (κ2) is 7.75. The van der Waals surface area contributed by atoms with Crippen LogP contribution < -0.4 is 11.1 Å². The molecule has 0 amide bonds. The average Bonchev–Trinajstić information content (AvgIpc) is 2.95. The SMILES string of the molecule is CS(=O)c1ccc(Nc2nc(N)c(C(=O)c3c(Cl)cccc3Cl)s2)cc1. The number of nitrogens with one attached hydrogen (secondary N) is 1. The number of nitrogens with two attached hydrogens (primary N) is 1. The van der Waals surface area contributed by atoms with Crippen molar-refractivity contribution in [3.63, 3.8) is 0 Å². The molecule has 3 N–H and O–H groups in total. The number of halogens is 2. The zero-order valence-corrected chi connectivity index (χ0v) is 16.6. The average molecular weight is 426 g/mol. The third-order valence-corrected chi connectivity index (χ3v) is 6.04. The van der Waals surface area contributed by atoms with Crippen molar-refractivity contribution in [2.75, 3.05) is 17.3 Å². The van der Waals surface area contributed by atoms with Gasteiger partial charge in [0.25, 0.3) is 0 Å². The predicted octanol–water partition coefficient (Wildman–Crippen LogP) is 4.74. The molecule has 0 aliphatic heterocycles. The van der Waals surface area contributed by atoms with Gasteiger partial charge in [0, 0.05) is 27.6 Å². The molecule has 0 aliphatic carbocycles. The molecule has 0 spiro atoms. The monoisotopic (exact) mass is 425 g/mol. The fourth-order valence-corrected chi connectivity index (χ4v) is 4.17. The number of ketones is 1. The lowest BCUT2D eigenvalue weighted by atomic mass is 10.1. The number of hydrogen-bond donors (Lipinski definition) is 2. The van der Waals surface area contributed by atoms with Crippen LogP contribution in [-0.4, -0.2) is 21.2 Å². The number of nitrogen functional groups attached to an aromatic ring is 1. The minimum Gasteiger partial charge on any atom is -0.382 e. The Balaban J connectivity index is 1.87. The third kappa shape index (κ3) is 3.91. The summed E-state index contributed by atoms with van der Waals surface area (Å²) in [6.07, 6.45) is 1.61. The summed E-state index contributed by atoms with van der Waals surface area (Å²) in [5, 5.41) is 4.05. The molecule has 1 heterocycles. The normalized spacial score (nSPS) is 12.0. The largest absolute Gasteiger partial charge is 0.382 e. The minimum absolute atomic E-state index is 0.102. The summed E-state index contributed by atoms with van der Waals surface area (Å²) >= 11 is 13.3. The van der Waals surface area contributed by atoms with Gasteiger partial charge in [0.2, 0.25) is 5.78 Å². The molecule has 26 heavy (non-hydrogen) atoms. The second-order valence-corrected chi connectivity index (χ2v) is 8.46. The fraction of sp³-hybridized carbons (Fsp3) is 0.0588. The summed E-state index contributed by atoms with van der Waals surface area (Å²) in [6, 6.07) is 11.9. The highest BCUT2D eigenvalue weighted by molar-refractivity contribution is 7.84. The van der Waals surface area contributed by atoms with Crippen LogP contribution >= 0.6 is 34.5 Å². The van der Waals surface area contributed by atoms with Crippen LogP contribution in [0.5, 0.6) is 0 Å². The van der Waals surface area contributed by atoms with Crippen molar-refractivity contribution in [1.82, 2.24) is 4.98 Å². The maximum atomic E-state index is 12.8. The summed E-state index contributed by atoms with van der Waals surface area (Å²) in [5.74, 6) is -0.273. The Kier molecular flexibility index (Phi) is 5.62. The van der Waals surface area contributed by atoms with Crippen LogP contribution in [0.3, 0.4) is 0 Å². The zero-order chi connectivity index (χ0) is 18.8. The Labute approximate surface area is 166 Å². The maximum Gasteiger partial charge on any atom is 0.209 e. The zero-order valence-electron chi connectivity index (χ0n) is 13.5. The van der Waals surface area contributed by atoms with E-state index in [1.165, 1.54) is 0 Å². The van der Waals surface area contributed by atoms with Crippen molar-refractivity contribution >= 4 is 67.8 Å². The number of anilines is 3. The summed E-state index contributed by atoms with van der Waals surface area (Å²) in [7, 11) is -1.05. The van der Waals surface area contributed by atoms with E-state index >= 15 is 0 Å². The van der Waals surface area contributed by atoms with Crippen LogP contribution in [0.15, 0.2) is 47.4 Å². The highest BCUT2D eigenvalue weighted by Gasteiger charge is 2.22. The van der Waals surface area contributed by atoms with Gasteiger partial charge in [-0.15, -0.1) is 0 Å². The summed E-state index contributed by atoms with van der Waals surface area (Å²) in [4.78, 5) is 17.9. The lowest BCUT2D eigenvalue weighted by Crippen LogP contribution is -2.04. The van der Waals surface area contributed by atoms with Gasteiger partial charge in [0.1, 0.15) is 10.7 Å². The molecule has 0 fully saturated rings. The number of hydrogen-bond acceptors (Lipinski definition) is 6. The first kappa shape index (κ1) is 18.8. The van der Waals surface area contributed by atoms with E-state index in [9.17, 15) is 9.00 Å². The molecule has 5 nitrogen and oxygen atoms in total. The van der Waals surface area contributed by atoms with E-state index in [4.69, 9.17) is 28.9 Å². The Morgan fingerprint density at radius 3 is 2.35 bits per heavy atom. The Morgan fingerprint density at radius 1 is 1.15 bits per heavy atom. The molecule has 0 bridgehead atoms. The molecule has 2 aromatic carbocycles. The predicted molar refractivity (Wildman–Crippen MR) is 108 cm³/mol. The van der Waals surface area contributed by atoms with Crippen LogP contribution in [-0.2, 0) is 10.8 Å². The second-order valence-electron chi connectivity index (χ2n) is 5.26. The van der Waals surface area contributed by atoms with E-state index in [1.54, 1.807) is 48.7 Å². The van der Waals surface area contributed by atoms with Crippen molar-refractivity contribution < 1.29 is 9.00 Å². The third-order valence-electron chi connectivity index (χ3n) is 3.49. The quantitative estimate of drug-likeness (QED) is 0.576. The van der Waals surface area contributed by atoms with Crippen LogP contribution in [0.25, 0.3) is 0 Å². The van der Waals surface area contributed by atoms with Crippen LogP contribution in [0.2, 0.25) is 10.0 Å². The molecular formula is C17H13Cl2N3O2S2. The smallest absolute Gasteiger partial charge is 0.209 e. The van der Waals surface area contributed by atoms with Gasteiger partial charge in [0.15, 0.2) is 5.13 Å². The maximum absolute atomic E-state index is 12.8. The van der Waals surface area contributed by atoms with E-state index in [0.29, 0.717) is 5.13 Å². The van der Waals surface area contributed by atoms with Crippen LogP contribution in [0.4, 0.5) is 16.6 Å². The first-order chi connectivity index (χ1) is 12.4. The van der Waals surface area contributed by atoms with Crippen molar-refractivity contribution in [2.24, 2.45) is 0 Å². The summed E-state index contributed by atoms with van der Waals surface area (Å²) < 4.78 is 11.4. The number of benzene rings is 2. The summed E-state index contributed by atoms with van der Waals surface area (Å²) in [5.41, 5.74) is 6.85. The molecule has 0 radical (unpaired) electrons. The van der Waals surface area contributed by atoms with E-state index in [2.05, 4.69) is 10.3 Å². The number of rotatable bonds is 5. The van der Waals surface area contributed by atoms with Crippen molar-refractivity contribution in [1.29, 1.82) is 0 Å². The number of thiazole rings is 1. The molecule has 1 unspecified atom stereocenters. The standard InChI is InChI=1S/C17H13Cl2N3O2S2/c1-26(24)10-7-5-9(6-8-10)21-17-22-16(20)15(25-17)14(23)13-11(18)3-2-4-12(13)19/h2-8H,20H2,1H3,(H,21,22). The number of nitrogens with zero attached hydrogens (tertiary/aromatic N) is 1. The lowest BCUT2D eigenvalue weighted by molar-refractivity contribution is 0.104. The minimum atomic E-state index is -1.05. The molecule has 9 heteroatoms. The van der Waals surface area contributed by atoms with E-state index in [0.717, 1.165) is 21.9 Å². The van der Waals surface area contributed by atoms with E-state index in [-0.39, 0.29) is 32.1 Å². The van der Waals surface area contributed by atoms with Gasteiger partial charge in [-0.3, -0.25) is 9.00 Å². The molecule has 0 saturated carbocycles. The van der Waals surface area contributed by atoms with Gasteiger partial charge in [-0.2, -0.15) is 0 Å². The molecular weight excluding hydrogens is 413 g/mol. The van der Waals surface area contributed by atoms with Gasteiger partial charge in [0.05, 0.1) is 15.6 Å². The van der Waals surface area contributed by atoms with Gasteiger partial charge >= 0.3 is 0 Å². The van der Waals surface area contributed by atoms with Crippen molar-refractivity contribution in [3.05, 3.63) is 63.0 Å². The van der Waals surface area contributed by atoms with Gasteiger partial charge in [-0.05, 0) is 36.4 Å². The van der Waals surface area contributed by atoms with Gasteiger partial charge < -0.3 is 11.1 Å². The molecule has 0 aliphatic rings. The molecule has 3 aromatic rings. The Bertz CT molecular complexity index is 983. The molecule has 1 atom stereocenters. The fourth-order valence-electron chi connectivity index (χ4n) is 2.23. The topological polar surface area (TPSA) is 85.1 Å². The van der Waals surface area contributed by atoms with Gasteiger partial charge in [-0.1, -0.05) is 40.6 Å². The molecule has 3 rings (SSSR count). The molecule has 1 aromatic heterocycles. The number of aromatic nitrogens is 1. The first-order valence-corrected chi connectivity index (χ1v) is 10.5. The van der Waals surface area contributed by atoms with Crippen LogP contribution in [0.1, 0.15) is 15.2 Å². The van der Waals surface area contributed by atoms with Crippen molar-refractivity contribution in [3.8, 4) is 0 Å². The summed E-state index contributed by atoms with van der Waals surface area (Å²) in [6.45, 7) is 0. The van der Waals surface area contributed by atoms with Gasteiger partial charge in [-0.25, -0.2) is 4.98 Å².